The lowest BCUT2D eigenvalue weighted by Crippen LogP contribution is -2.21. The molecule has 0 amide bonds. The first-order valence-electron chi connectivity index (χ1n) is 6.32. The molecule has 0 saturated heterocycles. The van der Waals surface area contributed by atoms with Gasteiger partial charge in [0.2, 0.25) is 0 Å². The Balaban J connectivity index is 1.95. The van der Waals surface area contributed by atoms with Crippen LogP contribution in [0, 0.1) is 0 Å². The van der Waals surface area contributed by atoms with Crippen molar-refractivity contribution in [3.8, 4) is 0 Å². The van der Waals surface area contributed by atoms with E-state index >= 15 is 0 Å². The molecule has 1 aromatic carbocycles. The van der Waals surface area contributed by atoms with Gasteiger partial charge in [-0.3, -0.25) is 4.79 Å². The molecule has 0 atom stereocenters. The monoisotopic (exact) mass is 295 g/mol. The van der Waals surface area contributed by atoms with Crippen molar-refractivity contribution in [1.29, 1.82) is 0 Å². The SMILES string of the molecule is CS(=O)(=O)CCCNCc1nc2ccccc2c(=O)[nH]1. The maximum absolute atomic E-state index is 11.8. The van der Waals surface area contributed by atoms with Gasteiger partial charge >= 0.3 is 0 Å². The zero-order chi connectivity index (χ0) is 14.6. The second-order valence-corrected chi connectivity index (χ2v) is 6.95. The second-order valence-electron chi connectivity index (χ2n) is 4.69. The number of nitrogens with one attached hydrogen (secondary N) is 2. The predicted octanol–water partition coefficient (Wildman–Crippen LogP) is 0.447. The number of hydrogen-bond donors (Lipinski definition) is 2. The van der Waals surface area contributed by atoms with E-state index in [0.717, 1.165) is 0 Å². The van der Waals surface area contributed by atoms with Gasteiger partial charge in [0.15, 0.2) is 0 Å². The maximum Gasteiger partial charge on any atom is 0.258 e. The van der Waals surface area contributed by atoms with Gasteiger partial charge < -0.3 is 10.3 Å². The molecule has 0 spiro atoms. The Bertz CT molecular complexity index is 753. The number of hydrogen-bond acceptors (Lipinski definition) is 5. The van der Waals surface area contributed by atoms with Crippen LogP contribution in [-0.4, -0.2) is 36.9 Å². The van der Waals surface area contributed by atoms with Crippen LogP contribution in [0.2, 0.25) is 0 Å². The largest absolute Gasteiger partial charge is 0.310 e. The van der Waals surface area contributed by atoms with Gasteiger partial charge in [-0.1, -0.05) is 12.1 Å². The molecule has 0 fully saturated rings. The van der Waals surface area contributed by atoms with Crippen molar-refractivity contribution in [2.24, 2.45) is 0 Å². The second kappa shape index (κ2) is 6.15. The lowest BCUT2D eigenvalue weighted by atomic mass is 10.2. The van der Waals surface area contributed by atoms with E-state index in [4.69, 9.17) is 0 Å². The summed E-state index contributed by atoms with van der Waals surface area (Å²) in [5.41, 5.74) is 0.493. The first-order chi connectivity index (χ1) is 9.46. The molecule has 20 heavy (non-hydrogen) atoms. The van der Waals surface area contributed by atoms with E-state index in [-0.39, 0.29) is 11.3 Å². The number of nitrogens with zero attached hydrogens (tertiary/aromatic N) is 1. The first-order valence-corrected chi connectivity index (χ1v) is 8.38. The van der Waals surface area contributed by atoms with Crippen molar-refractivity contribution in [3.05, 3.63) is 40.4 Å². The minimum Gasteiger partial charge on any atom is -0.310 e. The topological polar surface area (TPSA) is 91.9 Å². The minimum absolute atomic E-state index is 0.154. The summed E-state index contributed by atoms with van der Waals surface area (Å²) in [5.74, 6) is 0.704. The van der Waals surface area contributed by atoms with Gasteiger partial charge in [-0.25, -0.2) is 13.4 Å². The van der Waals surface area contributed by atoms with Gasteiger partial charge in [0.05, 0.1) is 23.2 Å². The molecule has 0 bridgehead atoms. The molecule has 2 aromatic rings. The Hall–Kier alpha value is -1.73. The summed E-state index contributed by atoms with van der Waals surface area (Å²) in [6, 6.07) is 7.14. The quantitative estimate of drug-likeness (QED) is 0.755. The van der Waals surface area contributed by atoms with Crippen molar-refractivity contribution in [1.82, 2.24) is 15.3 Å². The molecule has 0 aliphatic carbocycles. The fourth-order valence-electron chi connectivity index (χ4n) is 1.88. The third-order valence-corrected chi connectivity index (χ3v) is 3.85. The van der Waals surface area contributed by atoms with Crippen LogP contribution < -0.4 is 10.9 Å². The fraction of sp³-hybridized carbons (Fsp3) is 0.385. The Morgan fingerprint density at radius 1 is 1.30 bits per heavy atom. The molecule has 0 aliphatic rings. The number of rotatable bonds is 6. The highest BCUT2D eigenvalue weighted by molar-refractivity contribution is 7.90. The Labute approximate surface area is 117 Å². The molecular formula is C13H17N3O3S. The molecule has 0 radical (unpaired) electrons. The number of para-hydroxylation sites is 1. The van der Waals surface area contributed by atoms with E-state index < -0.39 is 9.84 Å². The van der Waals surface area contributed by atoms with Crippen LogP contribution in [0.1, 0.15) is 12.2 Å². The molecule has 0 saturated carbocycles. The van der Waals surface area contributed by atoms with Gasteiger partial charge in [0, 0.05) is 6.26 Å². The minimum atomic E-state index is -2.92. The van der Waals surface area contributed by atoms with Crippen LogP contribution in [0.3, 0.4) is 0 Å². The van der Waals surface area contributed by atoms with Gasteiger partial charge in [-0.2, -0.15) is 0 Å². The van der Waals surface area contributed by atoms with Crippen molar-refractivity contribution < 1.29 is 8.42 Å². The maximum atomic E-state index is 11.8. The van der Waals surface area contributed by atoms with E-state index in [0.29, 0.717) is 36.2 Å². The molecule has 1 aromatic heterocycles. The molecule has 2 N–H and O–H groups in total. The van der Waals surface area contributed by atoms with Gasteiger partial charge in [0.1, 0.15) is 15.7 Å². The molecule has 6 nitrogen and oxygen atoms in total. The standard InChI is InChI=1S/C13H17N3O3S/c1-20(18,19)8-4-7-14-9-12-15-11-6-3-2-5-10(11)13(17)16-12/h2-3,5-6,14H,4,7-9H2,1H3,(H,15,16,17). The first kappa shape index (κ1) is 14.7. The summed E-state index contributed by atoms with van der Waals surface area (Å²) in [6.07, 6.45) is 1.76. The third kappa shape index (κ3) is 4.14. The summed E-state index contributed by atoms with van der Waals surface area (Å²) in [4.78, 5) is 18.9. The lowest BCUT2D eigenvalue weighted by Gasteiger charge is -2.05. The Morgan fingerprint density at radius 3 is 2.80 bits per heavy atom. The summed E-state index contributed by atoms with van der Waals surface area (Å²) >= 11 is 0. The lowest BCUT2D eigenvalue weighted by molar-refractivity contribution is 0.592. The molecule has 2 rings (SSSR count). The third-order valence-electron chi connectivity index (χ3n) is 2.82. The molecule has 108 valence electrons. The van der Waals surface area contributed by atoms with Crippen LogP contribution in [0.5, 0.6) is 0 Å². The van der Waals surface area contributed by atoms with Crippen LogP contribution >= 0.6 is 0 Å². The number of benzene rings is 1. The normalized spacial score (nSPS) is 11.8. The number of aromatic nitrogens is 2. The molecule has 7 heteroatoms. The average Bonchev–Trinajstić information content (AvgIpc) is 2.37. The Kier molecular flexibility index (Phi) is 4.51. The fourth-order valence-corrected chi connectivity index (χ4v) is 2.55. The van der Waals surface area contributed by atoms with E-state index in [2.05, 4.69) is 15.3 Å². The van der Waals surface area contributed by atoms with Gasteiger partial charge in [0.25, 0.3) is 5.56 Å². The van der Waals surface area contributed by atoms with Gasteiger partial charge in [-0.05, 0) is 25.1 Å². The Morgan fingerprint density at radius 2 is 2.05 bits per heavy atom. The van der Waals surface area contributed by atoms with E-state index in [1.807, 2.05) is 6.07 Å². The molecular weight excluding hydrogens is 278 g/mol. The van der Waals surface area contributed by atoms with E-state index in [9.17, 15) is 13.2 Å². The molecule has 0 aliphatic heterocycles. The smallest absolute Gasteiger partial charge is 0.258 e. The van der Waals surface area contributed by atoms with Crippen molar-refractivity contribution in [3.63, 3.8) is 0 Å². The van der Waals surface area contributed by atoms with E-state index in [1.54, 1.807) is 18.2 Å². The van der Waals surface area contributed by atoms with Crippen LogP contribution in [0.4, 0.5) is 0 Å². The highest BCUT2D eigenvalue weighted by atomic mass is 32.2. The van der Waals surface area contributed by atoms with Gasteiger partial charge in [-0.15, -0.1) is 0 Å². The van der Waals surface area contributed by atoms with Crippen molar-refractivity contribution in [2.75, 3.05) is 18.6 Å². The summed E-state index contributed by atoms with van der Waals surface area (Å²) in [6.45, 7) is 0.966. The van der Waals surface area contributed by atoms with Crippen molar-refractivity contribution >= 4 is 20.7 Å². The molecule has 1 heterocycles. The van der Waals surface area contributed by atoms with E-state index in [1.165, 1.54) is 6.26 Å². The summed E-state index contributed by atoms with van der Waals surface area (Å²) < 4.78 is 21.9. The zero-order valence-corrected chi connectivity index (χ0v) is 12.0. The van der Waals surface area contributed by atoms with Crippen molar-refractivity contribution in [2.45, 2.75) is 13.0 Å². The number of sulfone groups is 1. The predicted molar refractivity (Wildman–Crippen MR) is 78.4 cm³/mol. The average molecular weight is 295 g/mol. The number of H-pyrrole nitrogens is 1. The zero-order valence-electron chi connectivity index (χ0n) is 11.2. The molecule has 0 unspecified atom stereocenters. The summed E-state index contributed by atoms with van der Waals surface area (Å²) in [7, 11) is -2.92. The number of fused-ring (bicyclic) bond motifs is 1. The highest BCUT2D eigenvalue weighted by Gasteiger charge is 2.04. The van der Waals surface area contributed by atoms with Crippen LogP contribution in [0.15, 0.2) is 29.1 Å². The number of aromatic amines is 1. The highest BCUT2D eigenvalue weighted by Crippen LogP contribution is 2.05. The summed E-state index contributed by atoms with van der Waals surface area (Å²) in [5, 5.41) is 3.63. The van der Waals surface area contributed by atoms with Crippen LogP contribution in [0.25, 0.3) is 10.9 Å². The van der Waals surface area contributed by atoms with Crippen LogP contribution in [-0.2, 0) is 16.4 Å².